The van der Waals surface area contributed by atoms with Crippen LogP contribution >= 0.6 is 11.8 Å². The molecule has 0 radical (unpaired) electrons. The number of thioether (sulfide) groups is 1. The molecule has 1 aliphatic rings. The summed E-state index contributed by atoms with van der Waals surface area (Å²) in [5.41, 5.74) is 0. The Bertz CT molecular complexity index is 187. The summed E-state index contributed by atoms with van der Waals surface area (Å²) in [6.07, 6.45) is 5.46. The number of rotatable bonds is 5. The standard InChI is InChI=1S/C10H21NOS2/c1-9-10(5-3-7-13-9)11-6-4-8-14(2)12/h9-11H,3-8H2,1-2H3. The van der Waals surface area contributed by atoms with Gasteiger partial charge in [0, 0.05) is 34.1 Å². The summed E-state index contributed by atoms with van der Waals surface area (Å²) in [6.45, 7) is 3.33. The Hall–Kier alpha value is 0.460. The molecule has 0 aliphatic carbocycles. The molecule has 0 saturated carbocycles. The molecule has 0 aromatic heterocycles. The molecular formula is C10H21NOS2. The Balaban J connectivity index is 2.07. The van der Waals surface area contributed by atoms with E-state index in [0.29, 0.717) is 6.04 Å². The van der Waals surface area contributed by atoms with Crippen molar-refractivity contribution in [2.75, 3.05) is 24.3 Å². The summed E-state index contributed by atoms with van der Waals surface area (Å²) in [5.74, 6) is 2.15. The maximum atomic E-state index is 10.8. The fourth-order valence-electron chi connectivity index (χ4n) is 1.75. The molecule has 4 heteroatoms. The van der Waals surface area contributed by atoms with Crippen molar-refractivity contribution in [3.8, 4) is 0 Å². The van der Waals surface area contributed by atoms with Crippen LogP contribution in [0.25, 0.3) is 0 Å². The highest BCUT2D eigenvalue weighted by Gasteiger charge is 2.20. The third-order valence-corrected chi connectivity index (χ3v) is 4.86. The minimum Gasteiger partial charge on any atom is -0.313 e. The summed E-state index contributed by atoms with van der Waals surface area (Å²) < 4.78 is 10.8. The topological polar surface area (TPSA) is 29.1 Å². The van der Waals surface area contributed by atoms with Gasteiger partial charge in [0.25, 0.3) is 0 Å². The molecule has 1 fully saturated rings. The molecule has 0 spiro atoms. The minimum atomic E-state index is -0.626. The molecule has 1 saturated heterocycles. The fourth-order valence-corrected chi connectivity index (χ4v) is 3.47. The van der Waals surface area contributed by atoms with Crippen molar-refractivity contribution in [1.29, 1.82) is 0 Å². The molecule has 3 atom stereocenters. The molecular weight excluding hydrogens is 214 g/mol. The van der Waals surface area contributed by atoms with Gasteiger partial charge in [0.05, 0.1) is 0 Å². The van der Waals surface area contributed by atoms with Crippen LogP contribution in [0.1, 0.15) is 26.2 Å². The van der Waals surface area contributed by atoms with Crippen LogP contribution in [0.15, 0.2) is 0 Å². The summed E-state index contributed by atoms with van der Waals surface area (Å²) >= 11 is 2.07. The van der Waals surface area contributed by atoms with Gasteiger partial charge in [-0.2, -0.15) is 11.8 Å². The van der Waals surface area contributed by atoms with Crippen LogP contribution < -0.4 is 5.32 Å². The average Bonchev–Trinajstić information content (AvgIpc) is 2.15. The number of hydrogen-bond acceptors (Lipinski definition) is 3. The molecule has 1 N–H and O–H groups in total. The van der Waals surface area contributed by atoms with Gasteiger partial charge in [-0.15, -0.1) is 0 Å². The van der Waals surface area contributed by atoms with Crippen LogP contribution in [0.2, 0.25) is 0 Å². The second-order valence-corrected chi connectivity index (χ2v) is 6.95. The first kappa shape index (κ1) is 12.5. The van der Waals surface area contributed by atoms with Crippen LogP contribution in [0.5, 0.6) is 0 Å². The zero-order chi connectivity index (χ0) is 10.4. The van der Waals surface area contributed by atoms with Crippen LogP contribution in [0.3, 0.4) is 0 Å². The van der Waals surface area contributed by atoms with Crippen molar-refractivity contribution in [2.24, 2.45) is 0 Å². The predicted octanol–water partition coefficient (Wildman–Crippen LogP) is 1.63. The quantitative estimate of drug-likeness (QED) is 0.734. The van der Waals surface area contributed by atoms with Crippen LogP contribution in [-0.4, -0.2) is 39.8 Å². The zero-order valence-corrected chi connectivity index (χ0v) is 10.8. The van der Waals surface area contributed by atoms with E-state index in [0.717, 1.165) is 24.0 Å². The largest absolute Gasteiger partial charge is 0.313 e. The van der Waals surface area contributed by atoms with Crippen molar-refractivity contribution < 1.29 is 4.21 Å². The van der Waals surface area contributed by atoms with E-state index in [9.17, 15) is 4.21 Å². The van der Waals surface area contributed by atoms with Crippen molar-refractivity contribution in [1.82, 2.24) is 5.32 Å². The number of nitrogens with one attached hydrogen (secondary N) is 1. The lowest BCUT2D eigenvalue weighted by atomic mass is 10.1. The third-order valence-electron chi connectivity index (χ3n) is 2.62. The summed E-state index contributed by atoms with van der Waals surface area (Å²) in [5, 5.41) is 4.32. The Labute approximate surface area is 94.1 Å². The average molecular weight is 235 g/mol. The molecule has 0 amide bonds. The third kappa shape index (κ3) is 4.80. The van der Waals surface area contributed by atoms with Gasteiger partial charge in [-0.3, -0.25) is 4.21 Å². The van der Waals surface area contributed by atoms with E-state index in [1.165, 1.54) is 18.6 Å². The zero-order valence-electron chi connectivity index (χ0n) is 9.12. The van der Waals surface area contributed by atoms with Crippen molar-refractivity contribution in [3.05, 3.63) is 0 Å². The highest BCUT2D eigenvalue weighted by Crippen LogP contribution is 2.24. The van der Waals surface area contributed by atoms with Gasteiger partial charge in [0.15, 0.2) is 0 Å². The van der Waals surface area contributed by atoms with Crippen LogP contribution in [0, 0.1) is 0 Å². The van der Waals surface area contributed by atoms with E-state index in [4.69, 9.17) is 0 Å². The summed E-state index contributed by atoms with van der Waals surface area (Å²) in [4.78, 5) is 0. The minimum absolute atomic E-state index is 0.626. The lowest BCUT2D eigenvalue weighted by Crippen LogP contribution is -2.39. The van der Waals surface area contributed by atoms with Gasteiger partial charge in [-0.05, 0) is 31.6 Å². The van der Waals surface area contributed by atoms with Crippen LogP contribution in [0.4, 0.5) is 0 Å². The van der Waals surface area contributed by atoms with Gasteiger partial charge >= 0.3 is 0 Å². The van der Waals surface area contributed by atoms with E-state index in [2.05, 4.69) is 24.0 Å². The maximum Gasteiger partial charge on any atom is 0.0244 e. The summed E-state index contributed by atoms with van der Waals surface area (Å²) in [7, 11) is -0.626. The molecule has 0 aromatic rings. The van der Waals surface area contributed by atoms with E-state index in [-0.39, 0.29) is 0 Å². The molecule has 1 aliphatic heterocycles. The van der Waals surface area contributed by atoms with Crippen LogP contribution in [-0.2, 0) is 10.8 Å². The fraction of sp³-hybridized carbons (Fsp3) is 1.00. The van der Waals surface area contributed by atoms with Gasteiger partial charge < -0.3 is 5.32 Å². The smallest absolute Gasteiger partial charge is 0.0244 e. The number of hydrogen-bond donors (Lipinski definition) is 1. The van der Waals surface area contributed by atoms with E-state index >= 15 is 0 Å². The van der Waals surface area contributed by atoms with Gasteiger partial charge in [0.1, 0.15) is 0 Å². The van der Waals surface area contributed by atoms with Gasteiger partial charge in [-0.1, -0.05) is 6.92 Å². The highest BCUT2D eigenvalue weighted by atomic mass is 32.2. The lowest BCUT2D eigenvalue weighted by molar-refractivity contribution is 0.463. The second kappa shape index (κ2) is 6.85. The highest BCUT2D eigenvalue weighted by molar-refractivity contribution is 7.99. The van der Waals surface area contributed by atoms with Gasteiger partial charge in [0.2, 0.25) is 0 Å². The van der Waals surface area contributed by atoms with E-state index < -0.39 is 10.8 Å². The molecule has 84 valence electrons. The van der Waals surface area contributed by atoms with Crippen molar-refractivity contribution in [3.63, 3.8) is 0 Å². The predicted molar refractivity (Wildman–Crippen MR) is 66.5 cm³/mol. The first-order valence-corrected chi connectivity index (χ1v) is 8.13. The summed E-state index contributed by atoms with van der Waals surface area (Å²) in [6, 6.07) is 0.680. The van der Waals surface area contributed by atoms with E-state index in [1.807, 2.05) is 0 Å². The first-order chi connectivity index (χ1) is 6.70. The van der Waals surface area contributed by atoms with E-state index in [1.54, 1.807) is 6.26 Å². The molecule has 0 aromatic carbocycles. The second-order valence-electron chi connectivity index (χ2n) is 3.91. The molecule has 14 heavy (non-hydrogen) atoms. The SMILES string of the molecule is CC1SCCCC1NCCCS(C)=O. The van der Waals surface area contributed by atoms with Crippen molar-refractivity contribution in [2.45, 2.75) is 37.5 Å². The molecule has 2 nitrogen and oxygen atoms in total. The molecule has 1 heterocycles. The molecule has 0 bridgehead atoms. The molecule has 1 rings (SSSR count). The Morgan fingerprint density at radius 3 is 3.00 bits per heavy atom. The maximum absolute atomic E-state index is 10.8. The van der Waals surface area contributed by atoms with Gasteiger partial charge in [-0.25, -0.2) is 0 Å². The Kier molecular flexibility index (Phi) is 6.13. The molecule has 3 unspecified atom stereocenters. The van der Waals surface area contributed by atoms with Crippen molar-refractivity contribution >= 4 is 22.6 Å². The monoisotopic (exact) mass is 235 g/mol. The normalized spacial score (nSPS) is 30.1. The Morgan fingerprint density at radius 1 is 1.57 bits per heavy atom. The Morgan fingerprint density at radius 2 is 2.36 bits per heavy atom. The first-order valence-electron chi connectivity index (χ1n) is 5.35. The lowest BCUT2D eigenvalue weighted by Gasteiger charge is -2.29.